The van der Waals surface area contributed by atoms with Gasteiger partial charge in [-0.15, -0.1) is 10.2 Å². The van der Waals surface area contributed by atoms with E-state index < -0.39 is 0 Å². The lowest BCUT2D eigenvalue weighted by molar-refractivity contribution is 0.759. The van der Waals surface area contributed by atoms with Crippen molar-refractivity contribution in [2.45, 2.75) is 19.8 Å². The van der Waals surface area contributed by atoms with Crippen LogP contribution in [-0.2, 0) is 0 Å². The van der Waals surface area contributed by atoms with Crippen LogP contribution in [0, 0.1) is 0 Å². The lowest BCUT2D eigenvalue weighted by Crippen LogP contribution is -2.11. The lowest BCUT2D eigenvalue weighted by Gasteiger charge is -2.04. The predicted octanol–water partition coefficient (Wildman–Crippen LogP) is 0.541. The molecule has 5 nitrogen and oxygen atoms in total. The van der Waals surface area contributed by atoms with E-state index in [1.165, 1.54) is 10.8 Å². The summed E-state index contributed by atoms with van der Waals surface area (Å²) in [5.41, 5.74) is 1.13. The second-order valence-electron chi connectivity index (χ2n) is 3.25. The highest BCUT2D eigenvalue weighted by molar-refractivity contribution is 5.34. The van der Waals surface area contributed by atoms with Gasteiger partial charge in [0.2, 0.25) is 11.1 Å². The molecule has 0 saturated heterocycles. The van der Waals surface area contributed by atoms with Gasteiger partial charge in [0.15, 0.2) is 0 Å². The second kappa shape index (κ2) is 2.69. The molecule has 0 spiro atoms. The Hall–Kier alpha value is -1.65. The summed E-state index contributed by atoms with van der Waals surface area (Å²) in [6.45, 7) is 4.03. The van der Waals surface area contributed by atoms with Gasteiger partial charge in [0.05, 0.1) is 0 Å². The van der Waals surface area contributed by atoms with Gasteiger partial charge in [-0.2, -0.15) is 0 Å². The molecule has 2 rings (SSSR count). The van der Waals surface area contributed by atoms with E-state index in [1.807, 2.05) is 13.8 Å². The molecule has 0 aliphatic carbocycles. The van der Waals surface area contributed by atoms with E-state index in [0.717, 1.165) is 5.69 Å². The fourth-order valence-corrected chi connectivity index (χ4v) is 1.16. The van der Waals surface area contributed by atoms with Crippen molar-refractivity contribution < 1.29 is 0 Å². The zero-order valence-electron chi connectivity index (χ0n) is 7.48. The maximum atomic E-state index is 11.4. The summed E-state index contributed by atoms with van der Waals surface area (Å²) in [4.78, 5) is 11.4. The average Bonchev–Trinajstić information content (AvgIpc) is 2.51. The third-order valence-corrected chi connectivity index (χ3v) is 1.93. The first kappa shape index (κ1) is 7.97. The van der Waals surface area contributed by atoms with Crippen molar-refractivity contribution in [1.82, 2.24) is 19.8 Å². The number of aromatic nitrogens is 4. The number of fused-ring (bicyclic) bond motifs is 1. The van der Waals surface area contributed by atoms with E-state index in [0.29, 0.717) is 11.6 Å². The largest absolute Gasteiger partial charge is 0.295 e. The molecule has 0 aliphatic rings. The minimum atomic E-state index is -0.0973. The van der Waals surface area contributed by atoms with E-state index in [1.54, 1.807) is 6.07 Å². The Bertz CT molecular complexity index is 482. The molecule has 2 aromatic heterocycles. The van der Waals surface area contributed by atoms with Crippen LogP contribution >= 0.6 is 0 Å². The number of nitrogens with one attached hydrogen (secondary N) is 1. The van der Waals surface area contributed by atoms with Crippen molar-refractivity contribution in [3.63, 3.8) is 0 Å². The summed E-state index contributed by atoms with van der Waals surface area (Å²) in [6, 6.07) is 1.56. The summed E-state index contributed by atoms with van der Waals surface area (Å²) >= 11 is 0. The van der Waals surface area contributed by atoms with Crippen LogP contribution in [0.5, 0.6) is 0 Å². The van der Waals surface area contributed by atoms with Crippen molar-refractivity contribution in [3.8, 4) is 0 Å². The summed E-state index contributed by atoms with van der Waals surface area (Å²) < 4.78 is 1.54. The molecule has 1 N–H and O–H groups in total. The van der Waals surface area contributed by atoms with Crippen LogP contribution in [0.1, 0.15) is 25.5 Å². The van der Waals surface area contributed by atoms with Crippen molar-refractivity contribution in [3.05, 3.63) is 28.3 Å². The van der Waals surface area contributed by atoms with E-state index in [9.17, 15) is 4.79 Å². The quantitative estimate of drug-likeness (QED) is 0.693. The molecule has 0 radical (unpaired) electrons. The van der Waals surface area contributed by atoms with Crippen LogP contribution < -0.4 is 5.43 Å². The number of hydrogen-bond acceptors (Lipinski definition) is 3. The van der Waals surface area contributed by atoms with Crippen LogP contribution in [0.4, 0.5) is 0 Å². The summed E-state index contributed by atoms with van der Waals surface area (Å²) in [6.07, 6.45) is 1.49. The van der Waals surface area contributed by atoms with Crippen molar-refractivity contribution >= 4 is 5.65 Å². The van der Waals surface area contributed by atoms with Crippen LogP contribution in [0.15, 0.2) is 17.2 Å². The predicted molar refractivity (Wildman–Crippen MR) is 47.7 cm³/mol. The Morgan fingerprint density at radius 3 is 3.00 bits per heavy atom. The van der Waals surface area contributed by atoms with Crippen LogP contribution in [-0.4, -0.2) is 19.8 Å². The summed E-state index contributed by atoms with van der Waals surface area (Å²) in [5.74, 6) is 0.291. The van der Waals surface area contributed by atoms with E-state index in [4.69, 9.17) is 0 Å². The summed E-state index contributed by atoms with van der Waals surface area (Å²) in [5, 5.41) is 10.4. The van der Waals surface area contributed by atoms with Gasteiger partial charge in [-0.05, 0) is 5.92 Å². The van der Waals surface area contributed by atoms with Crippen LogP contribution in [0.25, 0.3) is 5.65 Å². The second-order valence-corrected chi connectivity index (χ2v) is 3.25. The zero-order chi connectivity index (χ0) is 9.42. The minimum Gasteiger partial charge on any atom is -0.295 e. The standard InChI is InChI=1S/C8H10N4O/c1-5(2)6-3-7(13)8-10-9-4-12(8)11-6/h3-5,11H,1-2H3. The fourth-order valence-electron chi connectivity index (χ4n) is 1.16. The average molecular weight is 178 g/mol. The Labute approximate surface area is 74.4 Å². The SMILES string of the molecule is CC(C)c1cc(=O)c2nncn2[nH]1. The molecule has 2 heterocycles. The van der Waals surface area contributed by atoms with Gasteiger partial charge in [0, 0.05) is 11.8 Å². The first-order chi connectivity index (χ1) is 6.18. The van der Waals surface area contributed by atoms with Crippen molar-refractivity contribution in [1.29, 1.82) is 0 Å². The lowest BCUT2D eigenvalue weighted by atomic mass is 10.1. The number of aromatic amines is 1. The van der Waals surface area contributed by atoms with Gasteiger partial charge < -0.3 is 0 Å². The van der Waals surface area contributed by atoms with Crippen LogP contribution in [0.2, 0.25) is 0 Å². The molecule has 13 heavy (non-hydrogen) atoms. The first-order valence-corrected chi connectivity index (χ1v) is 4.11. The zero-order valence-corrected chi connectivity index (χ0v) is 7.48. The van der Waals surface area contributed by atoms with Crippen LogP contribution in [0.3, 0.4) is 0 Å². The monoisotopic (exact) mass is 178 g/mol. The Balaban J connectivity index is 2.77. The molecule has 0 amide bonds. The molecule has 2 aromatic rings. The molecule has 0 aromatic carbocycles. The van der Waals surface area contributed by atoms with E-state index >= 15 is 0 Å². The molecular formula is C8H10N4O. The topological polar surface area (TPSA) is 63.1 Å². The molecule has 0 aliphatic heterocycles. The fraction of sp³-hybridized carbons (Fsp3) is 0.375. The highest BCUT2D eigenvalue weighted by atomic mass is 16.1. The molecular weight excluding hydrogens is 168 g/mol. The number of hydrogen-bond donors (Lipinski definition) is 1. The first-order valence-electron chi connectivity index (χ1n) is 4.11. The van der Waals surface area contributed by atoms with Gasteiger partial charge in [-0.25, -0.2) is 4.52 Å². The molecule has 0 fully saturated rings. The molecule has 0 bridgehead atoms. The Morgan fingerprint density at radius 2 is 2.31 bits per heavy atom. The number of H-pyrrole nitrogens is 1. The molecule has 0 unspecified atom stereocenters. The van der Waals surface area contributed by atoms with Gasteiger partial charge >= 0.3 is 0 Å². The van der Waals surface area contributed by atoms with Gasteiger partial charge in [0.25, 0.3) is 0 Å². The third kappa shape index (κ3) is 1.22. The summed E-state index contributed by atoms with van der Waals surface area (Å²) in [7, 11) is 0. The minimum absolute atomic E-state index is 0.0973. The highest BCUT2D eigenvalue weighted by Crippen LogP contribution is 2.07. The normalized spacial score (nSPS) is 11.3. The van der Waals surface area contributed by atoms with E-state index in [2.05, 4.69) is 15.3 Å². The molecule has 0 saturated carbocycles. The maximum Gasteiger partial charge on any atom is 0.226 e. The maximum absolute atomic E-state index is 11.4. The number of nitrogens with zero attached hydrogens (tertiary/aromatic N) is 3. The molecule has 5 heteroatoms. The van der Waals surface area contributed by atoms with Crippen molar-refractivity contribution in [2.24, 2.45) is 0 Å². The smallest absolute Gasteiger partial charge is 0.226 e. The van der Waals surface area contributed by atoms with Crippen molar-refractivity contribution in [2.75, 3.05) is 0 Å². The third-order valence-electron chi connectivity index (χ3n) is 1.93. The highest BCUT2D eigenvalue weighted by Gasteiger charge is 2.05. The molecule has 68 valence electrons. The molecule has 0 atom stereocenters. The van der Waals surface area contributed by atoms with Gasteiger partial charge in [-0.1, -0.05) is 13.8 Å². The Morgan fingerprint density at radius 1 is 1.54 bits per heavy atom. The van der Waals surface area contributed by atoms with Gasteiger partial charge in [0.1, 0.15) is 6.33 Å². The van der Waals surface area contributed by atoms with E-state index in [-0.39, 0.29) is 5.43 Å². The Kier molecular flexibility index (Phi) is 1.65. The number of rotatable bonds is 1. The van der Waals surface area contributed by atoms with Gasteiger partial charge in [-0.3, -0.25) is 9.89 Å².